The highest BCUT2D eigenvalue weighted by Crippen LogP contribution is 2.41. The van der Waals surface area contributed by atoms with Gasteiger partial charge in [0.1, 0.15) is 0 Å². The van der Waals surface area contributed by atoms with E-state index in [4.69, 9.17) is 9.47 Å². The van der Waals surface area contributed by atoms with Crippen LogP contribution in [0.2, 0.25) is 0 Å². The van der Waals surface area contributed by atoms with Crippen LogP contribution in [0.5, 0.6) is 0 Å². The molecule has 2 heterocycles. The number of hydrogen-bond donors (Lipinski definition) is 0. The highest BCUT2D eigenvalue weighted by Gasteiger charge is 2.30. The molecule has 81 heavy (non-hydrogen) atoms. The van der Waals surface area contributed by atoms with Crippen molar-refractivity contribution < 1.29 is 9.47 Å². The summed E-state index contributed by atoms with van der Waals surface area (Å²) in [6.07, 6.45) is 38.5. The van der Waals surface area contributed by atoms with Crippen LogP contribution < -0.4 is 0 Å². The predicted octanol–water partition coefficient (Wildman–Crippen LogP) is 29.6. The quantitative estimate of drug-likeness (QED) is 0.225. The molecule has 7 aliphatic rings. The van der Waals surface area contributed by atoms with Crippen LogP contribution in [0.3, 0.4) is 0 Å². The van der Waals surface area contributed by atoms with E-state index in [2.05, 4.69) is 171 Å². The fraction of sp³-hybridized carbons (Fsp3) is 0.949. The maximum absolute atomic E-state index is 5.07. The zero-order valence-corrected chi connectivity index (χ0v) is 65.0. The van der Waals surface area contributed by atoms with Crippen LogP contribution >= 0.6 is 0 Å². The summed E-state index contributed by atoms with van der Waals surface area (Å²) in [5.74, 6) is 3.04. The Bertz CT molecular complexity index is 1150. The summed E-state index contributed by atoms with van der Waals surface area (Å²) >= 11 is 0. The molecule has 0 aromatic carbocycles. The molecule has 0 unspecified atom stereocenters. The van der Waals surface area contributed by atoms with E-state index < -0.39 is 0 Å². The summed E-state index contributed by atoms with van der Waals surface area (Å²) in [5.41, 5.74) is 6.94. The molecule has 0 aromatic heterocycles. The van der Waals surface area contributed by atoms with Crippen molar-refractivity contribution in [2.75, 3.05) is 26.4 Å². The molecule has 0 amide bonds. The van der Waals surface area contributed by atoms with Crippen molar-refractivity contribution in [1.29, 1.82) is 0 Å². The van der Waals surface area contributed by atoms with E-state index in [9.17, 15) is 0 Å². The molecule has 2 heteroatoms. The topological polar surface area (TPSA) is 18.5 Å². The van der Waals surface area contributed by atoms with E-state index in [0.717, 1.165) is 44.2 Å². The van der Waals surface area contributed by atoms with Crippen LogP contribution in [-0.2, 0) is 9.47 Å². The smallest absolute Gasteiger partial charge is 0.0466 e. The van der Waals surface area contributed by atoms with E-state index in [-0.39, 0.29) is 0 Å². The van der Waals surface area contributed by atoms with Crippen molar-refractivity contribution in [3.63, 3.8) is 0 Å². The van der Waals surface area contributed by atoms with Gasteiger partial charge in [-0.2, -0.15) is 0 Å². The highest BCUT2D eigenvalue weighted by molar-refractivity contribution is 5.14. The lowest BCUT2D eigenvalue weighted by Gasteiger charge is -2.37. The molecule has 7 rings (SSSR count). The summed E-state index contributed by atoms with van der Waals surface area (Å²) in [4.78, 5) is 0. The number of allylic oxidation sites excluding steroid dienone is 4. The van der Waals surface area contributed by atoms with Gasteiger partial charge in [0, 0.05) is 26.4 Å². The lowest BCUT2D eigenvalue weighted by Crippen LogP contribution is -2.26. The molecule has 0 bridgehead atoms. The van der Waals surface area contributed by atoms with Gasteiger partial charge in [-0.15, -0.1) is 0 Å². The van der Waals surface area contributed by atoms with Gasteiger partial charge < -0.3 is 9.47 Å². The monoisotopic (exact) mass is 1150 g/mol. The highest BCUT2D eigenvalue weighted by atomic mass is 16.5. The van der Waals surface area contributed by atoms with Gasteiger partial charge in [-0.3, -0.25) is 0 Å². The first-order valence-electron chi connectivity index (χ1n) is 36.1. The largest absolute Gasteiger partial charge is 0.381 e. The molecule has 0 atom stereocenters. The number of ether oxygens (including phenoxy) is 2. The minimum Gasteiger partial charge on any atom is -0.381 e. The van der Waals surface area contributed by atoms with E-state index in [1.807, 2.05) is 96.9 Å². The van der Waals surface area contributed by atoms with Gasteiger partial charge in [0.15, 0.2) is 0 Å². The van der Waals surface area contributed by atoms with E-state index in [1.54, 1.807) is 11.1 Å². The molecule has 5 fully saturated rings. The zero-order valence-electron chi connectivity index (χ0n) is 65.0. The average molecular weight is 1150 g/mol. The van der Waals surface area contributed by atoms with Crippen LogP contribution in [-0.4, -0.2) is 26.4 Å². The Morgan fingerprint density at radius 1 is 0.259 bits per heavy atom. The molecular weight excluding hydrogens is 981 g/mol. The zero-order chi connectivity index (χ0) is 66.0. The SMILES string of the molecule is C1CCOC1.C1CCOCC1.CC.CC.CC.CC.CC.CC.CC.CC(C)(C)C.CC(C)(C)C.CC(C)(C)C1=CCCC1.CC(C)(C)C1=CCCCC1.CC(C)(C)C1CCC1.CC(C)(C)C1CCCC1.CC(C)(C)C1CCCCC1. The van der Waals surface area contributed by atoms with Crippen LogP contribution in [0.25, 0.3) is 0 Å². The van der Waals surface area contributed by atoms with Gasteiger partial charge >= 0.3 is 0 Å². The van der Waals surface area contributed by atoms with E-state index in [1.165, 1.54) is 154 Å². The molecule has 5 aliphatic carbocycles. The molecule has 0 aromatic rings. The molecule has 3 saturated carbocycles. The Labute approximate surface area is 522 Å². The van der Waals surface area contributed by atoms with Crippen LogP contribution in [0.15, 0.2) is 23.3 Å². The first-order chi connectivity index (χ1) is 37.5. The van der Waals surface area contributed by atoms with Gasteiger partial charge in [-0.05, 0) is 171 Å². The number of rotatable bonds is 0. The average Bonchev–Trinajstić information content (AvgIpc) is 4.26. The molecular formula is C79H172O2. The number of hydrogen-bond acceptors (Lipinski definition) is 2. The fourth-order valence-electron chi connectivity index (χ4n) is 9.10. The summed E-state index contributed by atoms with van der Waals surface area (Å²) in [6.45, 7) is 84.6. The Kier molecular flexibility index (Phi) is 76.7. The second-order valence-corrected chi connectivity index (χ2v) is 30.1. The Morgan fingerprint density at radius 2 is 0.469 bits per heavy atom. The van der Waals surface area contributed by atoms with Crippen molar-refractivity contribution in [2.45, 2.75) is 410 Å². The minimum atomic E-state index is 0.431. The van der Waals surface area contributed by atoms with Crippen molar-refractivity contribution >= 4 is 0 Å². The molecule has 500 valence electrons. The van der Waals surface area contributed by atoms with Gasteiger partial charge in [0.2, 0.25) is 0 Å². The molecule has 0 N–H and O–H groups in total. The maximum Gasteiger partial charge on any atom is 0.0466 e. The standard InChI is InChI=1S/C10H20.C10H18.C9H18.C9H16.C8H16.C5H10O.2C5H12.C4H8O.7C2H6/c2*1-10(2,3)9-7-5-4-6-8-9;2*1-9(2,3)8-6-4-5-7-8;1-8(2,3)7-5-4-6-7;1-2-4-6-5-3-1;2*1-5(2,3)4;1-2-4-5-3-1;7*1-2/h9H,4-8H2,1-3H3;7H,4-6,8H2,1-3H3;8H,4-7H2,1-3H3;6H,4-5,7H2,1-3H3;7H,4-6H2,1-3H3;1-5H2;2*1-4H3;1-4H2;7*1-2H3. The second kappa shape index (κ2) is 62.5. The van der Waals surface area contributed by atoms with Gasteiger partial charge in [0.05, 0.1) is 0 Å². The van der Waals surface area contributed by atoms with Crippen LogP contribution in [0.1, 0.15) is 410 Å². The molecule has 2 aliphatic heterocycles. The summed E-state index contributed by atoms with van der Waals surface area (Å²) in [7, 11) is 0. The molecule has 0 spiro atoms. The van der Waals surface area contributed by atoms with Gasteiger partial charge in [-0.25, -0.2) is 0 Å². The van der Waals surface area contributed by atoms with Crippen LogP contribution in [0, 0.1) is 55.7 Å². The van der Waals surface area contributed by atoms with Gasteiger partial charge in [-0.1, -0.05) is 318 Å². The maximum atomic E-state index is 5.07. The predicted molar refractivity (Wildman–Crippen MR) is 386 cm³/mol. The Balaban J connectivity index is -0.000000101. The molecule has 2 nitrogen and oxygen atoms in total. The van der Waals surface area contributed by atoms with Crippen molar-refractivity contribution in [3.8, 4) is 0 Å². The molecule has 0 radical (unpaired) electrons. The Hall–Kier alpha value is -0.600. The van der Waals surface area contributed by atoms with Crippen molar-refractivity contribution in [1.82, 2.24) is 0 Å². The second-order valence-electron chi connectivity index (χ2n) is 30.1. The first kappa shape index (κ1) is 99.4. The first-order valence-corrected chi connectivity index (χ1v) is 36.1. The third-order valence-corrected chi connectivity index (χ3v) is 13.9. The van der Waals surface area contributed by atoms with Crippen molar-refractivity contribution in [2.24, 2.45) is 55.7 Å². The summed E-state index contributed by atoms with van der Waals surface area (Å²) < 4.78 is 10.0. The van der Waals surface area contributed by atoms with Crippen LogP contribution in [0.4, 0.5) is 0 Å². The minimum absolute atomic E-state index is 0.431. The third kappa shape index (κ3) is 81.5. The van der Waals surface area contributed by atoms with E-state index in [0.29, 0.717) is 37.9 Å². The normalized spacial score (nSPS) is 17.7. The Morgan fingerprint density at radius 3 is 0.605 bits per heavy atom. The lowest BCUT2D eigenvalue weighted by atomic mass is 9.69. The molecule has 2 saturated heterocycles. The fourth-order valence-corrected chi connectivity index (χ4v) is 9.10. The third-order valence-electron chi connectivity index (χ3n) is 13.9. The summed E-state index contributed by atoms with van der Waals surface area (Å²) in [5, 5.41) is 0. The van der Waals surface area contributed by atoms with Gasteiger partial charge in [0.25, 0.3) is 0 Å². The van der Waals surface area contributed by atoms with Crippen molar-refractivity contribution in [3.05, 3.63) is 23.3 Å². The van der Waals surface area contributed by atoms with E-state index >= 15 is 0 Å². The lowest BCUT2D eigenvalue weighted by molar-refractivity contribution is 0.0968. The summed E-state index contributed by atoms with van der Waals surface area (Å²) in [6, 6.07) is 0.